The van der Waals surface area contributed by atoms with Crippen molar-refractivity contribution in [1.29, 1.82) is 0 Å². The Balaban J connectivity index is 1.69. The lowest BCUT2D eigenvalue weighted by atomic mass is 10.1. The number of aliphatic hydroxyl groups is 2. The lowest BCUT2D eigenvalue weighted by Gasteiger charge is -2.16. The van der Waals surface area contributed by atoms with Gasteiger partial charge < -0.3 is 19.7 Å². The second-order valence-corrected chi connectivity index (χ2v) is 5.53. The van der Waals surface area contributed by atoms with E-state index in [1.807, 2.05) is 4.98 Å². The second-order valence-electron chi connectivity index (χ2n) is 5.53. The van der Waals surface area contributed by atoms with E-state index in [-0.39, 0.29) is 6.61 Å². The molecule has 1 aliphatic heterocycles. The summed E-state index contributed by atoms with van der Waals surface area (Å²) in [6, 6.07) is 9.35. The van der Waals surface area contributed by atoms with E-state index in [1.54, 1.807) is 30.3 Å². The van der Waals surface area contributed by atoms with Gasteiger partial charge in [-0.15, -0.1) is 0 Å². The Kier molecular flexibility index (Phi) is 4.79. The van der Waals surface area contributed by atoms with Crippen LogP contribution in [0.5, 0.6) is 0 Å². The molecule has 0 amide bonds. The van der Waals surface area contributed by atoms with Crippen LogP contribution in [0.25, 0.3) is 0 Å². The molecule has 9 nitrogen and oxygen atoms in total. The number of aromatic amines is 1. The highest BCUT2D eigenvalue weighted by atomic mass is 16.6. The van der Waals surface area contributed by atoms with E-state index in [9.17, 15) is 24.6 Å². The Labute approximate surface area is 141 Å². The van der Waals surface area contributed by atoms with Crippen LogP contribution in [-0.2, 0) is 9.47 Å². The van der Waals surface area contributed by atoms with Crippen molar-refractivity contribution in [2.75, 3.05) is 6.61 Å². The summed E-state index contributed by atoms with van der Waals surface area (Å²) >= 11 is 0. The van der Waals surface area contributed by atoms with Gasteiger partial charge in [0.1, 0.15) is 24.9 Å². The van der Waals surface area contributed by atoms with Crippen molar-refractivity contribution in [2.24, 2.45) is 0 Å². The Morgan fingerprint density at radius 3 is 2.56 bits per heavy atom. The third kappa shape index (κ3) is 3.53. The van der Waals surface area contributed by atoms with E-state index in [2.05, 4.69) is 0 Å². The molecule has 1 aliphatic rings. The Morgan fingerprint density at radius 1 is 1.16 bits per heavy atom. The summed E-state index contributed by atoms with van der Waals surface area (Å²) in [5.41, 5.74) is -1.04. The monoisotopic (exact) mass is 348 g/mol. The molecular weight excluding hydrogens is 332 g/mol. The summed E-state index contributed by atoms with van der Waals surface area (Å²) < 4.78 is 11.5. The SMILES string of the molecule is O=C(OC[C@H]1O[C@@H](n2ccc(=O)[nH]c2=O)[C@H](O)[C@@H]1O)c1ccccc1. The maximum Gasteiger partial charge on any atom is 0.338 e. The predicted molar refractivity (Wildman–Crippen MR) is 84.0 cm³/mol. The maximum atomic E-state index is 11.9. The minimum absolute atomic E-state index is 0.305. The standard InChI is InChI=1S/C16H16N2O7/c19-11-6-7-18(16(23)17-11)14-13(21)12(20)10(25-14)8-24-15(22)9-4-2-1-3-5-9/h1-7,10,12-14,20-21H,8H2,(H,17,19,23)/t10-,12-,13-,14-/m1/s1. The van der Waals surface area contributed by atoms with Gasteiger partial charge >= 0.3 is 11.7 Å². The average molecular weight is 348 g/mol. The van der Waals surface area contributed by atoms with Crippen molar-refractivity contribution in [3.63, 3.8) is 0 Å². The fraction of sp³-hybridized carbons (Fsp3) is 0.312. The Bertz CT molecular complexity index is 861. The zero-order chi connectivity index (χ0) is 18.0. The van der Waals surface area contributed by atoms with Gasteiger partial charge in [0.2, 0.25) is 0 Å². The number of nitrogens with zero attached hydrogens (tertiary/aromatic N) is 1. The smallest absolute Gasteiger partial charge is 0.338 e. The molecule has 2 aromatic rings. The normalized spacial score (nSPS) is 25.7. The van der Waals surface area contributed by atoms with Crippen molar-refractivity contribution < 1.29 is 24.5 Å². The maximum absolute atomic E-state index is 11.9. The molecule has 0 unspecified atom stereocenters. The van der Waals surface area contributed by atoms with Crippen LogP contribution >= 0.6 is 0 Å². The number of rotatable bonds is 4. The van der Waals surface area contributed by atoms with E-state index in [4.69, 9.17) is 9.47 Å². The van der Waals surface area contributed by atoms with Gasteiger partial charge in [0.05, 0.1) is 5.56 Å². The molecule has 25 heavy (non-hydrogen) atoms. The molecule has 0 spiro atoms. The number of carbonyl (C=O) groups is 1. The lowest BCUT2D eigenvalue weighted by molar-refractivity contribution is -0.0599. The van der Waals surface area contributed by atoms with Gasteiger partial charge in [-0.3, -0.25) is 14.3 Å². The Hall–Kier alpha value is -2.75. The summed E-state index contributed by atoms with van der Waals surface area (Å²) in [6.07, 6.45) is -3.87. The van der Waals surface area contributed by atoms with Crippen molar-refractivity contribution >= 4 is 5.97 Å². The highest BCUT2D eigenvalue weighted by molar-refractivity contribution is 5.89. The van der Waals surface area contributed by atoms with Crippen LogP contribution in [-0.4, -0.2) is 50.7 Å². The molecule has 3 rings (SSSR count). The highest BCUT2D eigenvalue weighted by Gasteiger charge is 2.44. The predicted octanol–water partition coefficient (Wildman–Crippen LogP) is -0.987. The summed E-state index contributed by atoms with van der Waals surface area (Å²) in [5, 5.41) is 20.2. The summed E-state index contributed by atoms with van der Waals surface area (Å²) in [4.78, 5) is 36.8. The molecule has 1 saturated heterocycles. The van der Waals surface area contributed by atoms with Gasteiger partial charge in [-0.25, -0.2) is 9.59 Å². The summed E-state index contributed by atoms with van der Waals surface area (Å²) in [5.74, 6) is -0.601. The third-order valence-corrected chi connectivity index (χ3v) is 3.85. The first-order chi connectivity index (χ1) is 12.0. The van der Waals surface area contributed by atoms with Gasteiger partial charge in [-0.1, -0.05) is 18.2 Å². The fourth-order valence-corrected chi connectivity index (χ4v) is 2.54. The van der Waals surface area contributed by atoms with Crippen LogP contribution in [0.2, 0.25) is 0 Å². The van der Waals surface area contributed by atoms with Crippen LogP contribution in [0, 0.1) is 0 Å². The third-order valence-electron chi connectivity index (χ3n) is 3.85. The first kappa shape index (κ1) is 17.1. The summed E-state index contributed by atoms with van der Waals surface area (Å²) in [7, 11) is 0. The van der Waals surface area contributed by atoms with Crippen molar-refractivity contribution in [2.45, 2.75) is 24.5 Å². The molecule has 1 aromatic carbocycles. The molecular formula is C16H16N2O7. The van der Waals surface area contributed by atoms with Crippen molar-refractivity contribution in [1.82, 2.24) is 9.55 Å². The zero-order valence-corrected chi connectivity index (χ0v) is 12.9. The number of hydrogen-bond donors (Lipinski definition) is 3. The number of esters is 1. The zero-order valence-electron chi connectivity index (χ0n) is 12.9. The first-order valence-corrected chi connectivity index (χ1v) is 7.52. The summed E-state index contributed by atoms with van der Waals surface area (Å²) in [6.45, 7) is -0.305. The largest absolute Gasteiger partial charge is 0.459 e. The molecule has 0 saturated carbocycles. The molecule has 2 heterocycles. The molecule has 3 N–H and O–H groups in total. The quantitative estimate of drug-likeness (QED) is 0.605. The number of aromatic nitrogens is 2. The van der Waals surface area contributed by atoms with Gasteiger partial charge in [0, 0.05) is 12.3 Å². The van der Waals surface area contributed by atoms with E-state index >= 15 is 0 Å². The highest BCUT2D eigenvalue weighted by Crippen LogP contribution is 2.28. The van der Waals surface area contributed by atoms with E-state index < -0.39 is 41.8 Å². The molecule has 9 heteroatoms. The molecule has 1 aromatic heterocycles. The Morgan fingerprint density at radius 2 is 1.88 bits per heavy atom. The van der Waals surface area contributed by atoms with Crippen LogP contribution in [0.3, 0.4) is 0 Å². The van der Waals surface area contributed by atoms with E-state index in [0.717, 1.165) is 16.8 Å². The number of benzene rings is 1. The van der Waals surface area contributed by atoms with E-state index in [1.165, 1.54) is 0 Å². The topological polar surface area (TPSA) is 131 Å². The van der Waals surface area contributed by atoms with Gasteiger partial charge in [-0.05, 0) is 12.1 Å². The van der Waals surface area contributed by atoms with Crippen LogP contribution in [0.4, 0.5) is 0 Å². The number of carbonyl (C=O) groups excluding carboxylic acids is 1. The number of ether oxygens (including phenoxy) is 2. The number of H-pyrrole nitrogens is 1. The van der Waals surface area contributed by atoms with E-state index in [0.29, 0.717) is 5.56 Å². The van der Waals surface area contributed by atoms with Crippen LogP contribution in [0.15, 0.2) is 52.2 Å². The molecule has 132 valence electrons. The molecule has 0 radical (unpaired) electrons. The van der Waals surface area contributed by atoms with Gasteiger partial charge in [0.15, 0.2) is 6.23 Å². The number of hydrogen-bond acceptors (Lipinski definition) is 7. The second kappa shape index (κ2) is 7.01. The lowest BCUT2D eigenvalue weighted by Crippen LogP contribution is -2.37. The van der Waals surface area contributed by atoms with Gasteiger partial charge in [0.25, 0.3) is 5.56 Å². The number of nitrogens with one attached hydrogen (secondary N) is 1. The van der Waals surface area contributed by atoms with Gasteiger partial charge in [-0.2, -0.15) is 0 Å². The number of aliphatic hydroxyl groups excluding tert-OH is 2. The molecule has 4 atom stereocenters. The van der Waals surface area contributed by atoms with Crippen LogP contribution < -0.4 is 11.2 Å². The van der Waals surface area contributed by atoms with Crippen LogP contribution in [0.1, 0.15) is 16.6 Å². The fourth-order valence-electron chi connectivity index (χ4n) is 2.54. The minimum Gasteiger partial charge on any atom is -0.459 e. The van der Waals surface area contributed by atoms with Crippen molar-refractivity contribution in [3.8, 4) is 0 Å². The average Bonchev–Trinajstić information content (AvgIpc) is 2.89. The minimum atomic E-state index is -1.43. The molecule has 0 bridgehead atoms. The first-order valence-electron chi connectivity index (χ1n) is 7.52. The molecule has 0 aliphatic carbocycles. The molecule has 1 fully saturated rings. The van der Waals surface area contributed by atoms with Crippen molar-refractivity contribution in [3.05, 3.63) is 69.0 Å².